The highest BCUT2D eigenvalue weighted by Crippen LogP contribution is 2.26. The van der Waals surface area contributed by atoms with E-state index in [0.29, 0.717) is 12.0 Å². The maximum absolute atomic E-state index is 5.41. The van der Waals surface area contributed by atoms with Crippen LogP contribution in [0.25, 0.3) is 0 Å². The molecule has 1 N–H and O–H groups in total. The van der Waals surface area contributed by atoms with Crippen molar-refractivity contribution in [3.8, 4) is 0 Å². The van der Waals surface area contributed by atoms with Crippen molar-refractivity contribution in [2.24, 2.45) is 0 Å². The van der Waals surface area contributed by atoms with E-state index in [1.807, 2.05) is 0 Å². The van der Waals surface area contributed by atoms with Gasteiger partial charge in [-0.25, -0.2) is 0 Å². The third-order valence-electron chi connectivity index (χ3n) is 3.81. The Hall–Kier alpha value is -1.68. The van der Waals surface area contributed by atoms with Gasteiger partial charge in [0.25, 0.3) is 0 Å². The molecule has 0 bridgehead atoms. The van der Waals surface area contributed by atoms with E-state index in [1.54, 1.807) is 0 Å². The van der Waals surface area contributed by atoms with Crippen LogP contribution in [0.5, 0.6) is 0 Å². The zero-order chi connectivity index (χ0) is 13.2. The summed E-state index contributed by atoms with van der Waals surface area (Å²) in [5, 5.41) is 7.50. The molecule has 1 aliphatic rings. The molecule has 0 aliphatic carbocycles. The molecule has 4 nitrogen and oxygen atoms in total. The van der Waals surface area contributed by atoms with Crippen molar-refractivity contribution >= 4 is 0 Å². The third-order valence-corrected chi connectivity index (χ3v) is 3.81. The summed E-state index contributed by atoms with van der Waals surface area (Å²) in [6.07, 6.45) is 1.81. The Labute approximate surface area is 113 Å². The van der Waals surface area contributed by atoms with Gasteiger partial charge < -0.3 is 9.84 Å². The van der Waals surface area contributed by atoms with Crippen LogP contribution in [0.15, 0.2) is 28.8 Å². The van der Waals surface area contributed by atoms with E-state index in [9.17, 15) is 0 Å². The lowest BCUT2D eigenvalue weighted by Crippen LogP contribution is -2.21. The van der Waals surface area contributed by atoms with Crippen molar-refractivity contribution in [1.82, 2.24) is 15.5 Å². The van der Waals surface area contributed by atoms with Crippen molar-refractivity contribution in [2.75, 3.05) is 6.54 Å². The molecule has 1 fully saturated rings. The van der Waals surface area contributed by atoms with Gasteiger partial charge >= 0.3 is 0 Å². The van der Waals surface area contributed by atoms with Gasteiger partial charge in [-0.05, 0) is 32.4 Å². The van der Waals surface area contributed by atoms with Gasteiger partial charge in [0.1, 0.15) is 0 Å². The second-order valence-electron chi connectivity index (χ2n) is 5.35. The summed E-state index contributed by atoms with van der Waals surface area (Å²) in [5.74, 6) is 1.91. The first-order valence-corrected chi connectivity index (χ1v) is 6.84. The molecular formula is C15H19N3O. The lowest BCUT2D eigenvalue weighted by Gasteiger charge is -2.08. The van der Waals surface area contributed by atoms with Crippen LogP contribution in [-0.4, -0.2) is 22.7 Å². The average molecular weight is 257 g/mol. The number of hydrogen-bond donors (Lipinski definition) is 1. The molecule has 3 rings (SSSR count). The highest BCUT2D eigenvalue weighted by Gasteiger charge is 2.29. The fourth-order valence-corrected chi connectivity index (χ4v) is 2.57. The molecule has 0 radical (unpaired) electrons. The second-order valence-corrected chi connectivity index (χ2v) is 5.35. The second kappa shape index (κ2) is 5.13. The van der Waals surface area contributed by atoms with Crippen LogP contribution in [0.4, 0.5) is 0 Å². The van der Waals surface area contributed by atoms with E-state index in [1.165, 1.54) is 11.1 Å². The van der Waals surface area contributed by atoms with E-state index in [4.69, 9.17) is 4.52 Å². The first-order chi connectivity index (χ1) is 9.22. The number of benzene rings is 1. The Morgan fingerprint density at radius 2 is 2.11 bits per heavy atom. The van der Waals surface area contributed by atoms with Gasteiger partial charge in [-0.2, -0.15) is 4.98 Å². The van der Waals surface area contributed by atoms with Crippen LogP contribution in [0, 0.1) is 6.92 Å². The minimum absolute atomic E-state index is 0.360. The molecular weight excluding hydrogens is 238 g/mol. The van der Waals surface area contributed by atoms with E-state index >= 15 is 0 Å². The van der Waals surface area contributed by atoms with Gasteiger partial charge in [0.15, 0.2) is 5.82 Å². The van der Waals surface area contributed by atoms with Crippen molar-refractivity contribution in [1.29, 1.82) is 0 Å². The first kappa shape index (κ1) is 12.4. The van der Waals surface area contributed by atoms with Gasteiger partial charge in [-0.15, -0.1) is 0 Å². The molecule has 1 aromatic carbocycles. The zero-order valence-corrected chi connectivity index (χ0v) is 11.4. The quantitative estimate of drug-likeness (QED) is 0.917. The Balaban J connectivity index is 1.72. The number of aryl methyl sites for hydroxylation is 1. The van der Waals surface area contributed by atoms with Crippen LogP contribution < -0.4 is 5.32 Å². The molecule has 19 heavy (non-hydrogen) atoms. The number of nitrogens with one attached hydrogen (secondary N) is 1. The maximum Gasteiger partial charge on any atom is 0.231 e. The van der Waals surface area contributed by atoms with Gasteiger partial charge in [0.05, 0.1) is 5.92 Å². The number of hydrogen-bond acceptors (Lipinski definition) is 4. The summed E-state index contributed by atoms with van der Waals surface area (Å²) in [6, 6.07) is 8.88. The van der Waals surface area contributed by atoms with Crippen LogP contribution in [0.1, 0.15) is 42.1 Å². The van der Waals surface area contributed by atoms with E-state index in [2.05, 4.69) is 53.6 Å². The Kier molecular flexibility index (Phi) is 3.34. The summed E-state index contributed by atoms with van der Waals surface area (Å²) in [7, 11) is 0. The highest BCUT2D eigenvalue weighted by atomic mass is 16.5. The van der Waals surface area contributed by atoms with Crippen molar-refractivity contribution in [3.63, 3.8) is 0 Å². The number of nitrogens with zero attached hydrogens (tertiary/aromatic N) is 2. The molecule has 1 saturated heterocycles. The van der Waals surface area contributed by atoms with Gasteiger partial charge in [0, 0.05) is 12.5 Å². The normalized spacial score (nSPS) is 22.8. The molecule has 1 aromatic heterocycles. The Morgan fingerprint density at radius 1 is 1.32 bits per heavy atom. The largest absolute Gasteiger partial charge is 0.339 e. The fourth-order valence-electron chi connectivity index (χ4n) is 2.57. The monoisotopic (exact) mass is 257 g/mol. The Bertz CT molecular complexity index is 547. The van der Waals surface area contributed by atoms with Crippen molar-refractivity contribution in [2.45, 2.75) is 38.6 Å². The predicted octanol–water partition coefficient (Wildman–Crippen LogP) is 2.43. The van der Waals surface area contributed by atoms with Crippen LogP contribution >= 0.6 is 0 Å². The molecule has 0 saturated carbocycles. The summed E-state index contributed by atoms with van der Waals surface area (Å²) in [6.45, 7) is 5.29. The summed E-state index contributed by atoms with van der Waals surface area (Å²) in [5.41, 5.74) is 2.49. The van der Waals surface area contributed by atoms with Crippen LogP contribution in [0.3, 0.4) is 0 Å². The van der Waals surface area contributed by atoms with E-state index in [0.717, 1.165) is 31.1 Å². The number of aromatic nitrogens is 2. The van der Waals surface area contributed by atoms with Crippen LogP contribution in [0.2, 0.25) is 0 Å². The fraction of sp³-hybridized carbons (Fsp3) is 0.467. The predicted molar refractivity (Wildman–Crippen MR) is 73.1 cm³/mol. The lowest BCUT2D eigenvalue weighted by molar-refractivity contribution is 0.342. The summed E-state index contributed by atoms with van der Waals surface area (Å²) >= 11 is 0. The summed E-state index contributed by atoms with van der Waals surface area (Å²) in [4.78, 5) is 4.54. The molecule has 2 aromatic rings. The van der Waals surface area contributed by atoms with Gasteiger partial charge in [0.2, 0.25) is 5.89 Å². The highest BCUT2D eigenvalue weighted by molar-refractivity contribution is 5.23. The lowest BCUT2D eigenvalue weighted by atomic mass is 10.0. The smallest absolute Gasteiger partial charge is 0.231 e. The van der Waals surface area contributed by atoms with Gasteiger partial charge in [-0.3, -0.25) is 0 Å². The van der Waals surface area contributed by atoms with E-state index in [-0.39, 0.29) is 0 Å². The van der Waals surface area contributed by atoms with Crippen LogP contribution in [-0.2, 0) is 6.42 Å². The molecule has 1 aliphatic heterocycles. The molecule has 2 atom stereocenters. The third kappa shape index (κ3) is 2.68. The minimum Gasteiger partial charge on any atom is -0.339 e. The molecule has 2 heterocycles. The zero-order valence-electron chi connectivity index (χ0n) is 11.4. The average Bonchev–Trinajstić information content (AvgIpc) is 3.01. The topological polar surface area (TPSA) is 51.0 Å². The Morgan fingerprint density at radius 3 is 2.79 bits per heavy atom. The van der Waals surface area contributed by atoms with Crippen molar-refractivity contribution in [3.05, 3.63) is 47.1 Å². The van der Waals surface area contributed by atoms with E-state index < -0.39 is 0 Å². The minimum atomic E-state index is 0.360. The summed E-state index contributed by atoms with van der Waals surface area (Å²) < 4.78 is 5.41. The van der Waals surface area contributed by atoms with Gasteiger partial charge in [-0.1, -0.05) is 35.0 Å². The maximum atomic E-state index is 5.41. The molecule has 0 spiro atoms. The molecule has 4 heteroatoms. The molecule has 0 amide bonds. The molecule has 2 unspecified atom stereocenters. The van der Waals surface area contributed by atoms with Crippen molar-refractivity contribution < 1.29 is 4.52 Å². The molecule has 100 valence electrons. The first-order valence-electron chi connectivity index (χ1n) is 6.84. The standard InChI is InChI=1S/C15H19N3O/c1-10-3-5-12(6-4-10)9-14-17-15(19-18-14)13-7-8-16-11(13)2/h3-6,11,13,16H,7-9H2,1-2H3. The SMILES string of the molecule is Cc1ccc(Cc2noc(C3CCNC3C)n2)cc1. The number of rotatable bonds is 3.